The van der Waals surface area contributed by atoms with Crippen molar-refractivity contribution >= 4 is 0 Å². The maximum Gasteiger partial charge on any atom is 0.196 e. The van der Waals surface area contributed by atoms with Crippen molar-refractivity contribution in [3.05, 3.63) is 36.5 Å². The van der Waals surface area contributed by atoms with E-state index in [0.29, 0.717) is 0 Å². The zero-order chi connectivity index (χ0) is 8.31. The van der Waals surface area contributed by atoms with Gasteiger partial charge in [0.05, 0.1) is 0 Å². The summed E-state index contributed by atoms with van der Waals surface area (Å²) in [5.41, 5.74) is 0. The Labute approximate surface area is 55.2 Å². The second kappa shape index (κ2) is 3.20. The van der Waals surface area contributed by atoms with Crippen molar-refractivity contribution in [1.82, 2.24) is 0 Å². The second-order valence-corrected chi connectivity index (χ2v) is 1.44. The van der Waals surface area contributed by atoms with Gasteiger partial charge in [0.25, 0.3) is 0 Å². The van der Waals surface area contributed by atoms with Crippen LogP contribution in [0.25, 0.3) is 0 Å². The summed E-state index contributed by atoms with van der Waals surface area (Å²) in [6.07, 6.45) is 0. The second-order valence-electron chi connectivity index (χ2n) is 1.44. The van der Waals surface area contributed by atoms with Crippen molar-refractivity contribution < 1.29 is 17.6 Å². The van der Waals surface area contributed by atoms with E-state index in [-0.39, 0.29) is 0 Å². The highest BCUT2D eigenvalue weighted by Crippen LogP contribution is 2.22. The molecule has 0 N–H and O–H groups in total. The number of rotatable bonds is 2. The fourth-order valence-corrected chi connectivity index (χ4v) is 0.238. The minimum Gasteiger partial charge on any atom is -0.204 e. The Morgan fingerprint density at radius 1 is 0.700 bits per heavy atom. The lowest BCUT2D eigenvalue weighted by atomic mass is 10.4. The van der Waals surface area contributed by atoms with Crippen LogP contribution in [0.15, 0.2) is 36.5 Å². The molecular formula is C6H4F4. The lowest BCUT2D eigenvalue weighted by Crippen LogP contribution is -1.80. The number of hydrogen-bond donors (Lipinski definition) is 0. The number of hydrogen-bond acceptors (Lipinski definition) is 0. The van der Waals surface area contributed by atoms with Crippen LogP contribution in [0.3, 0.4) is 0 Å². The van der Waals surface area contributed by atoms with Gasteiger partial charge in [-0.05, 0) is 0 Å². The lowest BCUT2D eigenvalue weighted by molar-refractivity contribution is 0.471. The van der Waals surface area contributed by atoms with E-state index < -0.39 is 23.3 Å². The van der Waals surface area contributed by atoms with E-state index in [2.05, 4.69) is 13.2 Å². The van der Waals surface area contributed by atoms with Gasteiger partial charge < -0.3 is 0 Å². The van der Waals surface area contributed by atoms with Crippen LogP contribution < -0.4 is 0 Å². The Balaban J connectivity index is 4.67. The molecule has 0 aliphatic rings. The van der Waals surface area contributed by atoms with E-state index in [0.717, 1.165) is 0 Å². The normalized spacial score (nSPS) is 12.4. The predicted molar refractivity (Wildman–Crippen MR) is 29.7 cm³/mol. The summed E-state index contributed by atoms with van der Waals surface area (Å²) in [5.74, 6) is -7.22. The fraction of sp³-hybridized carbons (Fsp3) is 0. The third-order valence-electron chi connectivity index (χ3n) is 0.669. The molecule has 0 amide bonds. The summed E-state index contributed by atoms with van der Waals surface area (Å²) in [5, 5.41) is 0. The number of halogens is 4. The molecule has 0 aromatic rings. The third-order valence-corrected chi connectivity index (χ3v) is 0.669. The van der Waals surface area contributed by atoms with Crippen molar-refractivity contribution in [2.45, 2.75) is 0 Å². The fourth-order valence-electron chi connectivity index (χ4n) is 0.238. The van der Waals surface area contributed by atoms with E-state index in [1.165, 1.54) is 0 Å². The lowest BCUT2D eigenvalue weighted by Gasteiger charge is -1.91. The van der Waals surface area contributed by atoms with E-state index in [1.807, 2.05) is 0 Å². The van der Waals surface area contributed by atoms with E-state index in [1.54, 1.807) is 0 Å². The molecule has 0 rings (SSSR count). The molecule has 0 heterocycles. The smallest absolute Gasteiger partial charge is 0.196 e. The average Bonchev–Trinajstić information content (AvgIpc) is 1.84. The van der Waals surface area contributed by atoms with E-state index >= 15 is 0 Å². The van der Waals surface area contributed by atoms with Crippen molar-refractivity contribution in [3.63, 3.8) is 0 Å². The quantitative estimate of drug-likeness (QED) is 0.421. The third kappa shape index (κ3) is 2.05. The zero-order valence-corrected chi connectivity index (χ0v) is 4.93. The van der Waals surface area contributed by atoms with Gasteiger partial charge in [-0.2, -0.15) is 0 Å². The van der Waals surface area contributed by atoms with Gasteiger partial charge in [0.2, 0.25) is 0 Å². The molecule has 0 saturated carbocycles. The molecular weight excluding hydrogens is 148 g/mol. The zero-order valence-electron chi connectivity index (χ0n) is 4.93. The highest BCUT2D eigenvalue weighted by atomic mass is 19.2. The first-order valence-electron chi connectivity index (χ1n) is 2.21. The van der Waals surface area contributed by atoms with Crippen LogP contribution in [0, 0.1) is 0 Å². The van der Waals surface area contributed by atoms with Crippen LogP contribution in [-0.4, -0.2) is 0 Å². The number of allylic oxidation sites excluding steroid dienone is 4. The molecule has 0 spiro atoms. The first-order chi connectivity index (χ1) is 4.46. The van der Waals surface area contributed by atoms with Gasteiger partial charge >= 0.3 is 0 Å². The van der Waals surface area contributed by atoms with Crippen LogP contribution in [0.5, 0.6) is 0 Å². The highest BCUT2D eigenvalue weighted by Gasteiger charge is 2.11. The van der Waals surface area contributed by atoms with Crippen molar-refractivity contribution in [3.8, 4) is 0 Å². The molecule has 56 valence electrons. The first kappa shape index (κ1) is 8.94. The molecule has 0 aliphatic carbocycles. The molecule has 4 heteroatoms. The molecule has 10 heavy (non-hydrogen) atoms. The van der Waals surface area contributed by atoms with E-state index in [9.17, 15) is 17.6 Å². The van der Waals surface area contributed by atoms with Gasteiger partial charge in [-0.25, -0.2) is 17.6 Å². The molecule has 0 nitrogen and oxygen atoms in total. The Kier molecular flexibility index (Phi) is 2.86. The summed E-state index contributed by atoms with van der Waals surface area (Å²) in [7, 11) is 0. The van der Waals surface area contributed by atoms with Gasteiger partial charge in [-0.1, -0.05) is 13.2 Å². The van der Waals surface area contributed by atoms with Crippen LogP contribution in [0.4, 0.5) is 17.6 Å². The highest BCUT2D eigenvalue weighted by molar-refractivity contribution is 5.28. The SMILES string of the molecule is C=C(F)/C(F)=C(/F)C(=C)F. The van der Waals surface area contributed by atoms with Crippen LogP contribution in [0.1, 0.15) is 0 Å². The molecule has 0 unspecified atom stereocenters. The minimum absolute atomic E-state index is 1.66. The van der Waals surface area contributed by atoms with Gasteiger partial charge in [0, 0.05) is 0 Å². The molecule has 0 aromatic heterocycles. The van der Waals surface area contributed by atoms with Gasteiger partial charge in [-0.15, -0.1) is 0 Å². The maximum atomic E-state index is 11.9. The summed E-state index contributed by atoms with van der Waals surface area (Å²) in [6, 6.07) is 0. The first-order valence-corrected chi connectivity index (χ1v) is 2.21. The molecule has 0 aliphatic heterocycles. The van der Waals surface area contributed by atoms with Crippen LogP contribution in [0.2, 0.25) is 0 Å². The Bertz CT molecular complexity index is 180. The molecule has 0 fully saturated rings. The van der Waals surface area contributed by atoms with Crippen molar-refractivity contribution in [1.29, 1.82) is 0 Å². The Morgan fingerprint density at radius 2 is 0.900 bits per heavy atom. The molecule has 0 atom stereocenters. The van der Waals surface area contributed by atoms with Crippen molar-refractivity contribution in [2.75, 3.05) is 0 Å². The Morgan fingerprint density at radius 3 is 1.00 bits per heavy atom. The summed E-state index contributed by atoms with van der Waals surface area (Å²) in [4.78, 5) is 0. The topological polar surface area (TPSA) is 0 Å². The predicted octanol–water partition coefficient (Wildman–Crippen LogP) is 3.10. The van der Waals surface area contributed by atoms with Crippen molar-refractivity contribution in [2.24, 2.45) is 0 Å². The molecule has 0 saturated heterocycles. The average molecular weight is 152 g/mol. The standard InChI is InChI=1S/C6H4F4/c1-3(7)5(9)6(10)4(2)8/h1-2H2/b6-5-. The van der Waals surface area contributed by atoms with Crippen LogP contribution in [-0.2, 0) is 0 Å². The summed E-state index contributed by atoms with van der Waals surface area (Å²) < 4.78 is 47.1. The van der Waals surface area contributed by atoms with Gasteiger partial charge in [0.15, 0.2) is 23.3 Å². The maximum absolute atomic E-state index is 11.9. The van der Waals surface area contributed by atoms with Crippen LogP contribution >= 0.6 is 0 Å². The summed E-state index contributed by atoms with van der Waals surface area (Å²) in [6.45, 7) is 4.82. The molecule has 0 aromatic carbocycles. The molecule has 0 radical (unpaired) electrons. The summed E-state index contributed by atoms with van der Waals surface area (Å²) >= 11 is 0. The minimum atomic E-state index is -1.95. The molecule has 0 bridgehead atoms. The van der Waals surface area contributed by atoms with E-state index in [4.69, 9.17) is 0 Å². The van der Waals surface area contributed by atoms with Gasteiger partial charge in [0.1, 0.15) is 0 Å². The Hall–Kier alpha value is -1.06. The van der Waals surface area contributed by atoms with Gasteiger partial charge in [-0.3, -0.25) is 0 Å². The largest absolute Gasteiger partial charge is 0.204 e. The monoisotopic (exact) mass is 152 g/mol.